The third-order valence-corrected chi connectivity index (χ3v) is 5.21. The molecule has 2 aromatic carbocycles. The quantitative estimate of drug-likeness (QED) is 0.611. The van der Waals surface area contributed by atoms with Gasteiger partial charge < -0.3 is 9.15 Å². The van der Waals surface area contributed by atoms with Crippen molar-refractivity contribution in [3.8, 4) is 5.75 Å². The number of nitrogens with zero attached hydrogens (tertiary/aromatic N) is 1. The van der Waals surface area contributed by atoms with Crippen molar-refractivity contribution in [2.24, 2.45) is 0 Å². The Kier molecular flexibility index (Phi) is 4.99. The van der Waals surface area contributed by atoms with Crippen LogP contribution in [-0.4, -0.2) is 11.6 Å². The van der Waals surface area contributed by atoms with Crippen molar-refractivity contribution in [2.75, 3.05) is 6.73 Å². The molecule has 4 rings (SSSR count). The first kappa shape index (κ1) is 17.8. The zero-order valence-electron chi connectivity index (χ0n) is 16.0. The maximum Gasteiger partial charge on any atom is 0.336 e. The highest BCUT2D eigenvalue weighted by Gasteiger charge is 2.23. The van der Waals surface area contributed by atoms with Crippen LogP contribution >= 0.6 is 0 Å². The van der Waals surface area contributed by atoms with Crippen molar-refractivity contribution in [1.29, 1.82) is 0 Å². The van der Waals surface area contributed by atoms with Crippen LogP contribution in [0.3, 0.4) is 0 Å². The highest BCUT2D eigenvalue weighted by molar-refractivity contribution is 5.86. The van der Waals surface area contributed by atoms with E-state index in [1.807, 2.05) is 13.0 Å². The molecule has 0 saturated heterocycles. The van der Waals surface area contributed by atoms with Gasteiger partial charge in [0.15, 0.2) is 0 Å². The maximum absolute atomic E-state index is 12.0. The monoisotopic (exact) mass is 363 g/mol. The van der Waals surface area contributed by atoms with Crippen LogP contribution in [0.4, 0.5) is 0 Å². The highest BCUT2D eigenvalue weighted by Crippen LogP contribution is 2.36. The van der Waals surface area contributed by atoms with Crippen LogP contribution < -0.4 is 10.4 Å². The van der Waals surface area contributed by atoms with Crippen molar-refractivity contribution < 1.29 is 9.15 Å². The van der Waals surface area contributed by atoms with Crippen molar-refractivity contribution in [2.45, 2.75) is 46.2 Å². The van der Waals surface area contributed by atoms with E-state index < -0.39 is 0 Å². The Bertz CT molecular complexity index is 1010. The lowest BCUT2D eigenvalue weighted by Gasteiger charge is -2.30. The molecule has 140 valence electrons. The van der Waals surface area contributed by atoms with E-state index in [0.717, 1.165) is 60.2 Å². The number of unbranched alkanes of at least 4 members (excludes halogenated alkanes) is 1. The van der Waals surface area contributed by atoms with Gasteiger partial charge in [-0.2, -0.15) is 0 Å². The van der Waals surface area contributed by atoms with Crippen LogP contribution in [0.2, 0.25) is 0 Å². The first-order valence-electron chi connectivity index (χ1n) is 9.64. The van der Waals surface area contributed by atoms with E-state index in [9.17, 15) is 4.79 Å². The smallest absolute Gasteiger partial charge is 0.336 e. The van der Waals surface area contributed by atoms with Crippen molar-refractivity contribution >= 4 is 11.0 Å². The number of ether oxygens (including phenoxy) is 1. The molecular weight excluding hydrogens is 338 g/mol. The average molecular weight is 363 g/mol. The topological polar surface area (TPSA) is 42.7 Å². The zero-order valence-corrected chi connectivity index (χ0v) is 16.0. The van der Waals surface area contributed by atoms with Crippen LogP contribution in [0.25, 0.3) is 11.0 Å². The van der Waals surface area contributed by atoms with Gasteiger partial charge in [-0.05, 0) is 37.0 Å². The number of hydrogen-bond donors (Lipinski definition) is 0. The Morgan fingerprint density at radius 3 is 2.74 bits per heavy atom. The van der Waals surface area contributed by atoms with Gasteiger partial charge in [-0.15, -0.1) is 0 Å². The van der Waals surface area contributed by atoms with Crippen molar-refractivity contribution in [3.05, 3.63) is 75.1 Å². The molecule has 4 heteroatoms. The van der Waals surface area contributed by atoms with Gasteiger partial charge in [0.05, 0.1) is 0 Å². The molecule has 0 N–H and O–H groups in total. The van der Waals surface area contributed by atoms with Crippen LogP contribution in [0.15, 0.2) is 51.7 Å². The third-order valence-electron chi connectivity index (χ3n) is 5.21. The van der Waals surface area contributed by atoms with Gasteiger partial charge in [-0.1, -0.05) is 43.7 Å². The summed E-state index contributed by atoms with van der Waals surface area (Å²) in [5.74, 6) is 0.864. The second kappa shape index (κ2) is 7.57. The molecule has 27 heavy (non-hydrogen) atoms. The van der Waals surface area contributed by atoms with Gasteiger partial charge in [0, 0.05) is 35.7 Å². The van der Waals surface area contributed by atoms with Crippen LogP contribution in [0, 0.1) is 6.92 Å². The number of hydrogen-bond acceptors (Lipinski definition) is 4. The summed E-state index contributed by atoms with van der Waals surface area (Å²) in [4.78, 5) is 14.3. The van der Waals surface area contributed by atoms with E-state index in [-0.39, 0.29) is 5.63 Å². The summed E-state index contributed by atoms with van der Waals surface area (Å²) in [6.07, 6.45) is 3.05. The Balaban J connectivity index is 1.71. The Morgan fingerprint density at radius 1 is 1.15 bits per heavy atom. The minimum Gasteiger partial charge on any atom is -0.477 e. The van der Waals surface area contributed by atoms with E-state index in [1.54, 1.807) is 6.07 Å². The first-order chi connectivity index (χ1) is 13.2. The predicted octanol–water partition coefficient (Wildman–Crippen LogP) is 4.80. The first-order valence-corrected chi connectivity index (χ1v) is 9.64. The number of benzene rings is 2. The summed E-state index contributed by atoms with van der Waals surface area (Å²) in [6, 6.07) is 14.2. The molecule has 1 aliphatic rings. The minimum absolute atomic E-state index is 0.279. The maximum atomic E-state index is 12.0. The van der Waals surface area contributed by atoms with E-state index in [0.29, 0.717) is 12.3 Å². The van der Waals surface area contributed by atoms with Gasteiger partial charge in [0.25, 0.3) is 0 Å². The SMILES string of the molecule is CCCCc1cc(=O)oc2c(C)c3c(cc12)CN(Cc1ccccc1)CO3. The van der Waals surface area contributed by atoms with Crippen molar-refractivity contribution in [3.63, 3.8) is 0 Å². The van der Waals surface area contributed by atoms with E-state index in [4.69, 9.17) is 9.15 Å². The predicted molar refractivity (Wildman–Crippen MR) is 107 cm³/mol. The molecule has 0 aliphatic carbocycles. The Labute approximate surface area is 159 Å². The lowest BCUT2D eigenvalue weighted by Crippen LogP contribution is -2.32. The molecule has 3 aromatic rings. The number of fused-ring (bicyclic) bond motifs is 2. The third kappa shape index (κ3) is 3.62. The molecule has 0 amide bonds. The molecule has 1 aliphatic heterocycles. The molecular formula is C23H25NO3. The Hall–Kier alpha value is -2.59. The minimum atomic E-state index is -0.279. The van der Waals surface area contributed by atoms with E-state index in [2.05, 4.69) is 42.2 Å². The average Bonchev–Trinajstić information content (AvgIpc) is 2.68. The number of aryl methyl sites for hydroxylation is 2. The largest absolute Gasteiger partial charge is 0.477 e. The van der Waals surface area contributed by atoms with Crippen LogP contribution in [0.1, 0.15) is 42.0 Å². The lowest BCUT2D eigenvalue weighted by atomic mass is 9.98. The van der Waals surface area contributed by atoms with E-state index >= 15 is 0 Å². The van der Waals surface area contributed by atoms with Crippen molar-refractivity contribution in [1.82, 2.24) is 4.90 Å². The second-order valence-electron chi connectivity index (χ2n) is 7.31. The highest BCUT2D eigenvalue weighted by atomic mass is 16.5. The molecule has 2 heterocycles. The summed E-state index contributed by atoms with van der Waals surface area (Å²) in [5.41, 5.74) is 4.83. The Morgan fingerprint density at radius 2 is 1.96 bits per heavy atom. The molecule has 1 aromatic heterocycles. The van der Waals surface area contributed by atoms with Gasteiger partial charge >= 0.3 is 5.63 Å². The van der Waals surface area contributed by atoms with Gasteiger partial charge in [-0.25, -0.2) is 4.79 Å². The molecule has 0 atom stereocenters. The van der Waals surface area contributed by atoms with E-state index in [1.165, 1.54) is 5.56 Å². The summed E-state index contributed by atoms with van der Waals surface area (Å²) in [6.45, 7) is 6.36. The summed E-state index contributed by atoms with van der Waals surface area (Å²) in [7, 11) is 0. The summed E-state index contributed by atoms with van der Waals surface area (Å²) >= 11 is 0. The zero-order chi connectivity index (χ0) is 18.8. The van der Waals surface area contributed by atoms with Gasteiger partial charge in [0.1, 0.15) is 18.1 Å². The fourth-order valence-electron chi connectivity index (χ4n) is 3.85. The fourth-order valence-corrected chi connectivity index (χ4v) is 3.85. The molecule has 0 fully saturated rings. The van der Waals surface area contributed by atoms with Gasteiger partial charge in [0.2, 0.25) is 0 Å². The van der Waals surface area contributed by atoms with Crippen LogP contribution in [-0.2, 0) is 19.5 Å². The molecule has 4 nitrogen and oxygen atoms in total. The molecule has 0 spiro atoms. The molecule has 0 saturated carbocycles. The van der Waals surface area contributed by atoms with Crippen LogP contribution in [0.5, 0.6) is 5.75 Å². The molecule has 0 radical (unpaired) electrons. The summed E-state index contributed by atoms with van der Waals surface area (Å²) < 4.78 is 11.6. The molecule has 0 unspecified atom stereocenters. The second-order valence-corrected chi connectivity index (χ2v) is 7.31. The fraction of sp³-hybridized carbons (Fsp3) is 0.348. The lowest BCUT2D eigenvalue weighted by molar-refractivity contribution is 0.0881. The van der Waals surface area contributed by atoms with Gasteiger partial charge in [-0.3, -0.25) is 4.90 Å². The normalized spacial score (nSPS) is 14.1. The molecule has 0 bridgehead atoms. The standard InChI is InChI=1S/C23H25NO3/c1-3-4-10-18-12-21(25)27-23-16(2)22-19(11-20(18)23)14-24(15-26-22)13-17-8-6-5-7-9-17/h5-9,11-12H,3-4,10,13-15H2,1-2H3. The number of rotatable bonds is 5. The summed E-state index contributed by atoms with van der Waals surface area (Å²) in [5, 5.41) is 1.05.